The molecule has 1 saturated heterocycles. The zero-order valence-electron chi connectivity index (χ0n) is 12.5. The van der Waals surface area contributed by atoms with Crippen molar-refractivity contribution in [1.29, 1.82) is 0 Å². The summed E-state index contributed by atoms with van der Waals surface area (Å²) in [5.74, 6) is 0.785. The number of hydrogen-bond acceptors (Lipinski definition) is 4. The van der Waals surface area contributed by atoms with Gasteiger partial charge in [-0.25, -0.2) is 0 Å². The van der Waals surface area contributed by atoms with Gasteiger partial charge in [0.2, 0.25) is 0 Å². The summed E-state index contributed by atoms with van der Waals surface area (Å²) in [6.07, 6.45) is 0. The van der Waals surface area contributed by atoms with E-state index in [1.54, 1.807) is 7.11 Å². The molecule has 1 heterocycles. The fraction of sp³-hybridized carbons (Fsp3) is 0.600. The van der Waals surface area contributed by atoms with Gasteiger partial charge in [0.25, 0.3) is 0 Å². The van der Waals surface area contributed by atoms with Crippen molar-refractivity contribution in [3.8, 4) is 5.75 Å². The van der Waals surface area contributed by atoms with Crippen molar-refractivity contribution in [1.82, 2.24) is 0 Å². The lowest BCUT2D eigenvalue weighted by Crippen LogP contribution is -2.57. The van der Waals surface area contributed by atoms with E-state index < -0.39 is 0 Å². The van der Waals surface area contributed by atoms with Gasteiger partial charge in [0.1, 0.15) is 5.75 Å². The maximum absolute atomic E-state index is 6.14. The van der Waals surface area contributed by atoms with E-state index in [0.717, 1.165) is 30.2 Å². The molecule has 19 heavy (non-hydrogen) atoms. The van der Waals surface area contributed by atoms with Crippen LogP contribution in [0.15, 0.2) is 18.2 Å². The van der Waals surface area contributed by atoms with Gasteiger partial charge in [0, 0.05) is 19.2 Å². The van der Waals surface area contributed by atoms with Crippen LogP contribution in [0.2, 0.25) is 0 Å². The van der Waals surface area contributed by atoms with Crippen LogP contribution in [0.5, 0.6) is 5.75 Å². The fourth-order valence-corrected chi connectivity index (χ4v) is 2.91. The molecule has 0 spiro atoms. The minimum absolute atomic E-state index is 0.186. The van der Waals surface area contributed by atoms with E-state index >= 15 is 0 Å². The van der Waals surface area contributed by atoms with Crippen LogP contribution >= 0.6 is 0 Å². The largest absolute Gasteiger partial charge is 0.497 e. The first kappa shape index (κ1) is 14.0. The van der Waals surface area contributed by atoms with Gasteiger partial charge in [-0.2, -0.15) is 0 Å². The average Bonchev–Trinajstić information content (AvgIpc) is 2.24. The topological polar surface area (TPSA) is 47.7 Å². The SMILES string of the molecule is COc1ccc(N2CC(C)(C)OC(C)(C)C2)c(N)c1. The number of hydrogen-bond donors (Lipinski definition) is 1. The Morgan fingerprint density at radius 1 is 1.16 bits per heavy atom. The first-order valence-corrected chi connectivity index (χ1v) is 6.61. The Morgan fingerprint density at radius 2 is 1.74 bits per heavy atom. The third-order valence-electron chi connectivity index (χ3n) is 3.27. The van der Waals surface area contributed by atoms with E-state index in [1.165, 1.54) is 0 Å². The highest BCUT2D eigenvalue weighted by molar-refractivity contribution is 5.70. The van der Waals surface area contributed by atoms with Gasteiger partial charge in [0.05, 0.1) is 29.7 Å². The molecule has 106 valence electrons. The molecular weight excluding hydrogens is 240 g/mol. The predicted octanol–water partition coefficient (Wildman–Crippen LogP) is 2.67. The molecule has 1 aromatic carbocycles. The minimum Gasteiger partial charge on any atom is -0.497 e. The lowest BCUT2D eigenvalue weighted by atomic mass is 9.98. The van der Waals surface area contributed by atoms with Gasteiger partial charge < -0.3 is 20.1 Å². The third-order valence-corrected chi connectivity index (χ3v) is 3.27. The minimum atomic E-state index is -0.186. The van der Waals surface area contributed by atoms with Crippen LogP contribution in [-0.4, -0.2) is 31.4 Å². The van der Waals surface area contributed by atoms with Crippen molar-refractivity contribution < 1.29 is 9.47 Å². The van der Waals surface area contributed by atoms with Gasteiger partial charge in [-0.15, -0.1) is 0 Å². The number of nitrogens with zero attached hydrogens (tertiary/aromatic N) is 1. The van der Waals surface area contributed by atoms with Gasteiger partial charge >= 0.3 is 0 Å². The monoisotopic (exact) mass is 264 g/mol. The molecule has 1 aliphatic heterocycles. The Bertz CT molecular complexity index is 453. The number of benzene rings is 1. The van der Waals surface area contributed by atoms with Gasteiger partial charge in [0.15, 0.2) is 0 Å². The summed E-state index contributed by atoms with van der Waals surface area (Å²) in [6, 6.07) is 5.83. The molecule has 0 radical (unpaired) electrons. The highest BCUT2D eigenvalue weighted by atomic mass is 16.5. The third kappa shape index (κ3) is 3.13. The van der Waals surface area contributed by atoms with Crippen molar-refractivity contribution in [3.05, 3.63) is 18.2 Å². The zero-order chi connectivity index (χ0) is 14.3. The molecule has 0 aliphatic carbocycles. The molecule has 0 bridgehead atoms. The molecule has 0 atom stereocenters. The highest BCUT2D eigenvalue weighted by Gasteiger charge is 2.38. The van der Waals surface area contributed by atoms with Crippen molar-refractivity contribution in [3.63, 3.8) is 0 Å². The van der Waals surface area contributed by atoms with Crippen molar-refractivity contribution in [2.75, 3.05) is 30.8 Å². The Morgan fingerprint density at radius 3 is 2.21 bits per heavy atom. The van der Waals surface area contributed by atoms with Crippen LogP contribution in [0, 0.1) is 0 Å². The van der Waals surface area contributed by atoms with Crippen LogP contribution in [0.4, 0.5) is 11.4 Å². The summed E-state index contributed by atoms with van der Waals surface area (Å²) >= 11 is 0. The van der Waals surface area contributed by atoms with Crippen LogP contribution in [-0.2, 0) is 4.74 Å². The van der Waals surface area contributed by atoms with E-state index in [4.69, 9.17) is 15.2 Å². The quantitative estimate of drug-likeness (QED) is 0.834. The molecule has 4 nitrogen and oxygen atoms in total. The number of ether oxygens (including phenoxy) is 2. The number of rotatable bonds is 2. The number of anilines is 2. The van der Waals surface area contributed by atoms with Crippen LogP contribution in [0.25, 0.3) is 0 Å². The Balaban J connectivity index is 2.31. The van der Waals surface area contributed by atoms with Gasteiger partial charge in [-0.05, 0) is 39.8 Å². The lowest BCUT2D eigenvalue weighted by Gasteiger charge is -2.48. The van der Waals surface area contributed by atoms with Crippen molar-refractivity contribution in [2.24, 2.45) is 0 Å². The molecule has 1 aromatic rings. The van der Waals surface area contributed by atoms with Crippen molar-refractivity contribution in [2.45, 2.75) is 38.9 Å². The standard InChI is InChI=1S/C15H24N2O2/c1-14(2)9-17(10-15(3,4)19-14)13-7-6-11(18-5)8-12(13)16/h6-8H,9-10,16H2,1-5H3. The molecule has 1 aliphatic rings. The summed E-state index contributed by atoms with van der Waals surface area (Å²) in [4.78, 5) is 2.29. The van der Waals surface area contributed by atoms with E-state index in [2.05, 4.69) is 32.6 Å². The van der Waals surface area contributed by atoms with Gasteiger partial charge in [-0.1, -0.05) is 0 Å². The van der Waals surface area contributed by atoms with E-state index in [0.29, 0.717) is 0 Å². The molecule has 0 saturated carbocycles. The molecule has 2 rings (SSSR count). The number of morpholine rings is 1. The summed E-state index contributed by atoms with van der Waals surface area (Å²) < 4.78 is 11.3. The summed E-state index contributed by atoms with van der Waals surface area (Å²) in [7, 11) is 1.65. The first-order valence-electron chi connectivity index (χ1n) is 6.61. The van der Waals surface area contributed by atoms with Crippen LogP contribution in [0.3, 0.4) is 0 Å². The summed E-state index contributed by atoms with van der Waals surface area (Å²) in [5.41, 5.74) is 7.56. The summed E-state index contributed by atoms with van der Waals surface area (Å²) in [6.45, 7) is 10.1. The number of nitrogen functional groups attached to an aromatic ring is 1. The smallest absolute Gasteiger partial charge is 0.121 e. The predicted molar refractivity (Wildman–Crippen MR) is 78.9 cm³/mol. The second kappa shape index (κ2) is 4.60. The molecule has 0 amide bonds. The maximum atomic E-state index is 6.14. The number of nitrogens with two attached hydrogens (primary N) is 1. The molecule has 1 fully saturated rings. The molecule has 2 N–H and O–H groups in total. The molecule has 4 heteroatoms. The Labute approximate surface area is 115 Å². The second-order valence-electron chi connectivity index (χ2n) is 6.40. The summed E-state index contributed by atoms with van der Waals surface area (Å²) in [5, 5.41) is 0. The molecular formula is C15H24N2O2. The van der Waals surface area contributed by atoms with Crippen LogP contribution < -0.4 is 15.4 Å². The van der Waals surface area contributed by atoms with E-state index in [1.807, 2.05) is 18.2 Å². The fourth-order valence-electron chi connectivity index (χ4n) is 2.91. The normalized spacial score (nSPS) is 21.2. The van der Waals surface area contributed by atoms with Crippen LogP contribution in [0.1, 0.15) is 27.7 Å². The zero-order valence-corrected chi connectivity index (χ0v) is 12.5. The maximum Gasteiger partial charge on any atom is 0.121 e. The highest BCUT2D eigenvalue weighted by Crippen LogP contribution is 2.35. The average molecular weight is 264 g/mol. The number of methoxy groups -OCH3 is 1. The second-order valence-corrected chi connectivity index (χ2v) is 6.40. The van der Waals surface area contributed by atoms with E-state index in [9.17, 15) is 0 Å². The van der Waals surface area contributed by atoms with Crippen molar-refractivity contribution >= 4 is 11.4 Å². The van der Waals surface area contributed by atoms with E-state index in [-0.39, 0.29) is 11.2 Å². The molecule has 0 unspecified atom stereocenters. The lowest BCUT2D eigenvalue weighted by molar-refractivity contribution is -0.133. The van der Waals surface area contributed by atoms with Gasteiger partial charge in [-0.3, -0.25) is 0 Å². The molecule has 0 aromatic heterocycles. The first-order chi connectivity index (χ1) is 8.72. The Kier molecular flexibility index (Phi) is 3.39. The Hall–Kier alpha value is -1.42.